The summed E-state index contributed by atoms with van der Waals surface area (Å²) in [6.45, 7) is 0.370. The van der Waals surface area contributed by atoms with E-state index in [0.29, 0.717) is 30.2 Å². The van der Waals surface area contributed by atoms with E-state index in [1.54, 1.807) is 16.7 Å². The molecule has 0 heterocycles. The average Bonchev–Trinajstić information content (AvgIpc) is 2.95. The number of hydrogen-bond donors (Lipinski definition) is 1. The van der Waals surface area contributed by atoms with Crippen LogP contribution >= 0.6 is 23.4 Å². The number of amides is 2. The maximum atomic E-state index is 13.8. The monoisotopic (exact) mass is 548 g/mol. The van der Waals surface area contributed by atoms with Gasteiger partial charge < -0.3 is 10.2 Å². The molecule has 3 aromatic rings. The van der Waals surface area contributed by atoms with Crippen LogP contribution in [-0.4, -0.2) is 34.6 Å². The third-order valence-electron chi connectivity index (χ3n) is 7.06. The molecule has 0 saturated heterocycles. The summed E-state index contributed by atoms with van der Waals surface area (Å²) in [4.78, 5) is 29.3. The molecule has 0 aromatic heterocycles. The molecule has 200 valence electrons. The Hall–Kier alpha value is -2.76. The first-order valence-corrected chi connectivity index (χ1v) is 15.1. The van der Waals surface area contributed by atoms with Crippen molar-refractivity contribution in [2.24, 2.45) is 0 Å². The Morgan fingerprint density at radius 3 is 2.13 bits per heavy atom. The molecule has 0 spiro atoms. The number of nitrogens with one attached hydrogen (secondary N) is 1. The summed E-state index contributed by atoms with van der Waals surface area (Å²) in [5, 5.41) is 3.95. The van der Waals surface area contributed by atoms with Crippen LogP contribution in [0.1, 0.15) is 55.2 Å². The first-order valence-electron chi connectivity index (χ1n) is 13.6. The molecular weight excluding hydrogens is 512 g/mol. The number of hydrogen-bond acceptors (Lipinski definition) is 3. The lowest BCUT2D eigenvalue weighted by atomic mass is 9.94. The minimum atomic E-state index is -0.582. The van der Waals surface area contributed by atoms with Crippen LogP contribution in [0, 0.1) is 0 Å². The molecule has 2 amide bonds. The summed E-state index contributed by atoms with van der Waals surface area (Å²) in [5.41, 5.74) is 3.25. The highest BCUT2D eigenvalue weighted by Gasteiger charge is 2.31. The van der Waals surface area contributed by atoms with E-state index in [4.69, 9.17) is 11.6 Å². The number of thioether (sulfide) groups is 1. The highest BCUT2D eigenvalue weighted by atomic mass is 35.5. The summed E-state index contributed by atoms with van der Waals surface area (Å²) < 4.78 is 0. The van der Waals surface area contributed by atoms with E-state index in [0.717, 1.165) is 42.6 Å². The van der Waals surface area contributed by atoms with Crippen molar-refractivity contribution in [1.82, 2.24) is 10.2 Å². The molecular formula is C32H37ClN2O2S. The molecule has 38 heavy (non-hydrogen) atoms. The normalized spacial score (nSPS) is 14.6. The molecule has 3 aromatic carbocycles. The number of benzene rings is 3. The fourth-order valence-corrected chi connectivity index (χ4v) is 5.97. The Balaban J connectivity index is 1.52. The van der Waals surface area contributed by atoms with Crippen molar-refractivity contribution in [2.45, 2.75) is 69.3 Å². The average molecular weight is 549 g/mol. The lowest BCUT2D eigenvalue weighted by Gasteiger charge is -2.33. The van der Waals surface area contributed by atoms with Crippen molar-refractivity contribution in [3.05, 3.63) is 107 Å². The van der Waals surface area contributed by atoms with Gasteiger partial charge in [0.2, 0.25) is 11.8 Å². The van der Waals surface area contributed by atoms with Gasteiger partial charge in [-0.15, -0.1) is 0 Å². The number of carbonyl (C=O) groups excluding carboxylic acids is 2. The van der Waals surface area contributed by atoms with Gasteiger partial charge >= 0.3 is 0 Å². The Kier molecular flexibility index (Phi) is 11.1. The van der Waals surface area contributed by atoms with Crippen LogP contribution in [0.25, 0.3) is 0 Å². The molecule has 1 aliphatic carbocycles. The van der Waals surface area contributed by atoms with Crippen LogP contribution in [0.5, 0.6) is 0 Å². The summed E-state index contributed by atoms with van der Waals surface area (Å²) in [6.07, 6.45) is 6.38. The lowest BCUT2D eigenvalue weighted by molar-refractivity contribution is -0.141. The van der Waals surface area contributed by atoms with Gasteiger partial charge in [0, 0.05) is 42.0 Å². The van der Waals surface area contributed by atoms with Crippen molar-refractivity contribution >= 4 is 35.2 Å². The van der Waals surface area contributed by atoms with Gasteiger partial charge in [-0.1, -0.05) is 104 Å². The number of nitrogens with zero attached hydrogens (tertiary/aromatic N) is 1. The molecule has 6 heteroatoms. The Morgan fingerprint density at radius 1 is 0.842 bits per heavy atom. The quantitative estimate of drug-likeness (QED) is 0.247. The van der Waals surface area contributed by atoms with Gasteiger partial charge in [0.15, 0.2) is 0 Å². The Bertz CT molecular complexity index is 1140. The fourth-order valence-electron chi connectivity index (χ4n) is 4.95. The van der Waals surface area contributed by atoms with E-state index in [9.17, 15) is 9.59 Å². The molecule has 4 nitrogen and oxygen atoms in total. The van der Waals surface area contributed by atoms with Crippen molar-refractivity contribution in [2.75, 3.05) is 5.75 Å². The van der Waals surface area contributed by atoms with Crippen molar-refractivity contribution in [3.8, 4) is 0 Å². The highest BCUT2D eigenvalue weighted by Crippen LogP contribution is 2.21. The Morgan fingerprint density at radius 2 is 1.47 bits per heavy atom. The van der Waals surface area contributed by atoms with E-state index in [1.165, 1.54) is 12.0 Å². The van der Waals surface area contributed by atoms with Crippen molar-refractivity contribution < 1.29 is 9.59 Å². The highest BCUT2D eigenvalue weighted by molar-refractivity contribution is 7.98. The van der Waals surface area contributed by atoms with Crippen molar-refractivity contribution in [3.63, 3.8) is 0 Å². The van der Waals surface area contributed by atoms with Gasteiger partial charge in [-0.05, 0) is 41.7 Å². The molecule has 0 aliphatic heterocycles. The van der Waals surface area contributed by atoms with Crippen molar-refractivity contribution in [1.29, 1.82) is 0 Å². The predicted octanol–water partition coefficient (Wildman–Crippen LogP) is 7.05. The molecule has 0 radical (unpaired) electrons. The van der Waals surface area contributed by atoms with Gasteiger partial charge in [-0.3, -0.25) is 9.59 Å². The molecule has 1 atom stereocenters. The standard InChI is InChI=1S/C32H37ClN2O2S/c33-28-18-16-26(17-19-28)23-35(31(36)20-21-38-24-27-12-6-2-7-13-27)30(22-25-10-4-1-5-11-25)32(37)34-29-14-8-3-9-15-29/h1-2,4-7,10-13,16-19,29-30H,3,8-9,14-15,20-24H2,(H,34,37)/t30-/m1/s1. The second-order valence-corrected chi connectivity index (χ2v) is 11.5. The van der Waals surface area contributed by atoms with Crippen LogP contribution in [-0.2, 0) is 28.3 Å². The summed E-state index contributed by atoms with van der Waals surface area (Å²) >= 11 is 7.87. The van der Waals surface area contributed by atoms with Gasteiger partial charge in [0.1, 0.15) is 6.04 Å². The molecule has 0 unspecified atom stereocenters. The van der Waals surface area contributed by atoms with Gasteiger partial charge in [0.05, 0.1) is 0 Å². The maximum Gasteiger partial charge on any atom is 0.243 e. The summed E-state index contributed by atoms with van der Waals surface area (Å²) in [6, 6.07) is 27.4. The molecule has 0 bridgehead atoms. The van der Waals surface area contributed by atoms with Crippen LogP contribution < -0.4 is 5.32 Å². The largest absolute Gasteiger partial charge is 0.352 e. The molecule has 4 rings (SSSR count). The van der Waals surface area contributed by atoms with Crippen LogP contribution in [0.15, 0.2) is 84.9 Å². The zero-order valence-electron chi connectivity index (χ0n) is 21.9. The zero-order valence-corrected chi connectivity index (χ0v) is 23.4. The third kappa shape index (κ3) is 8.92. The smallest absolute Gasteiger partial charge is 0.243 e. The molecule has 1 aliphatic rings. The number of rotatable bonds is 12. The van der Waals surface area contributed by atoms with E-state index < -0.39 is 6.04 Å². The van der Waals surface area contributed by atoms with Gasteiger partial charge in [-0.2, -0.15) is 11.8 Å². The summed E-state index contributed by atoms with van der Waals surface area (Å²) in [7, 11) is 0. The van der Waals surface area contributed by atoms with E-state index in [1.807, 2.05) is 72.8 Å². The summed E-state index contributed by atoms with van der Waals surface area (Å²) in [5.74, 6) is 1.51. The molecule has 1 N–H and O–H groups in total. The van der Waals surface area contributed by atoms with E-state index >= 15 is 0 Å². The first-order chi connectivity index (χ1) is 18.6. The minimum absolute atomic E-state index is 0.000219. The second-order valence-electron chi connectivity index (χ2n) is 9.99. The van der Waals surface area contributed by atoms with E-state index in [2.05, 4.69) is 17.4 Å². The lowest BCUT2D eigenvalue weighted by Crippen LogP contribution is -2.52. The van der Waals surface area contributed by atoms with Gasteiger partial charge in [-0.25, -0.2) is 0 Å². The Labute approximate surface area is 236 Å². The van der Waals surface area contributed by atoms with Gasteiger partial charge in [0.25, 0.3) is 0 Å². The number of carbonyl (C=O) groups is 2. The third-order valence-corrected chi connectivity index (χ3v) is 8.34. The van der Waals surface area contributed by atoms with Crippen LogP contribution in [0.4, 0.5) is 0 Å². The topological polar surface area (TPSA) is 49.4 Å². The SMILES string of the molecule is O=C(NC1CCCCC1)[C@@H](Cc1ccccc1)N(Cc1ccc(Cl)cc1)C(=O)CCSCc1ccccc1. The molecule has 1 saturated carbocycles. The predicted molar refractivity (Wildman–Crippen MR) is 158 cm³/mol. The fraction of sp³-hybridized carbons (Fsp3) is 0.375. The molecule has 1 fully saturated rings. The second kappa shape index (κ2) is 15.0. The first kappa shape index (κ1) is 28.3. The van der Waals surface area contributed by atoms with E-state index in [-0.39, 0.29) is 17.9 Å². The maximum absolute atomic E-state index is 13.8. The van der Waals surface area contributed by atoms with Crippen LogP contribution in [0.2, 0.25) is 5.02 Å². The van der Waals surface area contributed by atoms with Crippen LogP contribution in [0.3, 0.4) is 0 Å². The zero-order chi connectivity index (χ0) is 26.6. The number of halogens is 1. The minimum Gasteiger partial charge on any atom is -0.352 e.